The second-order valence-electron chi connectivity index (χ2n) is 15.3. The number of carbonyl (C=O) groups excluding carboxylic acids is 1. The normalized spacial score (nSPS) is 43.9. The highest BCUT2D eigenvalue weighted by atomic mass is 19.4. The highest BCUT2D eigenvalue weighted by molar-refractivity contribution is 5.87. The smallest absolute Gasteiger partial charge is 0.389 e. The number of β-amino-alcohol motifs (C(OH)–C–C–N with tert-alkyl or cyclic N) is 1. The van der Waals surface area contributed by atoms with Gasteiger partial charge in [-0.1, -0.05) is 32.0 Å². The van der Waals surface area contributed by atoms with Crippen molar-refractivity contribution in [2.24, 2.45) is 34.5 Å². The van der Waals surface area contributed by atoms with Gasteiger partial charge >= 0.3 is 6.18 Å². The van der Waals surface area contributed by atoms with E-state index in [9.17, 15) is 23.1 Å². The van der Waals surface area contributed by atoms with Crippen LogP contribution in [0, 0.1) is 34.5 Å². The number of Topliss-reactive ketones (excluding diaryl/α,β-unsaturated/α-hetero) is 1. The SMILES string of the molecule is C[C@@H]1CN(Cc2cccc(C(F)(F)F)c2)[C@@H](C)CN1C[C@@]1(O)CC[C@@]2(C)[C@@H](CC[C@@H]3[C@@H]2CC[C@]2(C)C(=O)CC[C@@H]32)C1. The molecule has 1 aliphatic heterocycles. The van der Waals surface area contributed by atoms with E-state index in [0.29, 0.717) is 48.1 Å². The number of nitrogens with zero attached hydrogens (tertiary/aromatic N) is 2. The lowest BCUT2D eigenvalue weighted by atomic mass is 9.44. The van der Waals surface area contributed by atoms with Gasteiger partial charge in [0.1, 0.15) is 5.78 Å². The first-order valence-corrected chi connectivity index (χ1v) is 16.1. The Balaban J connectivity index is 1.08. The van der Waals surface area contributed by atoms with Crippen LogP contribution in [0.2, 0.25) is 0 Å². The molecular formula is C34H49F3N2O2. The van der Waals surface area contributed by atoms with Crippen LogP contribution in [0.5, 0.6) is 0 Å². The van der Waals surface area contributed by atoms with Gasteiger partial charge in [0.2, 0.25) is 0 Å². The van der Waals surface area contributed by atoms with Crippen LogP contribution in [-0.2, 0) is 17.5 Å². The number of alkyl halides is 3. The summed E-state index contributed by atoms with van der Waals surface area (Å²) in [5.74, 6) is 2.93. The lowest BCUT2D eigenvalue weighted by molar-refractivity contribution is -0.160. The summed E-state index contributed by atoms with van der Waals surface area (Å²) in [5, 5.41) is 12.0. The molecule has 0 aromatic heterocycles. The van der Waals surface area contributed by atoms with Crippen LogP contribution in [0.25, 0.3) is 0 Å². The van der Waals surface area contributed by atoms with E-state index < -0.39 is 17.3 Å². The molecule has 7 heteroatoms. The Morgan fingerprint density at radius 3 is 2.44 bits per heavy atom. The molecule has 0 radical (unpaired) electrons. The Labute approximate surface area is 244 Å². The first-order chi connectivity index (χ1) is 19.2. The molecule has 5 fully saturated rings. The van der Waals surface area contributed by atoms with E-state index in [-0.39, 0.29) is 22.9 Å². The number of hydrogen-bond donors (Lipinski definition) is 1. The lowest BCUT2D eigenvalue weighted by Crippen LogP contribution is -2.62. The predicted molar refractivity (Wildman–Crippen MR) is 154 cm³/mol. The van der Waals surface area contributed by atoms with Crippen molar-refractivity contribution in [3.05, 3.63) is 35.4 Å². The number of fused-ring (bicyclic) bond motifs is 5. The van der Waals surface area contributed by atoms with Crippen LogP contribution in [0.1, 0.15) is 96.6 Å². The number of hydrogen-bond acceptors (Lipinski definition) is 4. The fraction of sp³-hybridized carbons (Fsp3) is 0.794. The summed E-state index contributed by atoms with van der Waals surface area (Å²) in [5.41, 5.74) is -0.423. The molecule has 0 bridgehead atoms. The van der Waals surface area contributed by atoms with Crippen molar-refractivity contribution in [2.75, 3.05) is 19.6 Å². The topological polar surface area (TPSA) is 43.8 Å². The summed E-state index contributed by atoms with van der Waals surface area (Å²) in [6, 6.07) is 6.11. The van der Waals surface area contributed by atoms with E-state index in [1.165, 1.54) is 18.6 Å². The van der Waals surface area contributed by atoms with E-state index in [1.807, 2.05) is 0 Å². The van der Waals surface area contributed by atoms with Crippen molar-refractivity contribution in [2.45, 2.75) is 116 Å². The Bertz CT molecular complexity index is 1160. The number of halogens is 3. The van der Waals surface area contributed by atoms with Crippen molar-refractivity contribution in [3.8, 4) is 0 Å². The molecule has 1 aromatic rings. The summed E-state index contributed by atoms with van der Waals surface area (Å²) >= 11 is 0. The molecule has 0 unspecified atom stereocenters. The highest BCUT2D eigenvalue weighted by Crippen LogP contribution is 2.66. The molecule has 1 aromatic carbocycles. The fourth-order valence-electron chi connectivity index (χ4n) is 10.4. The number of piperazine rings is 1. The van der Waals surface area contributed by atoms with Crippen LogP contribution in [0.3, 0.4) is 0 Å². The molecule has 4 aliphatic carbocycles. The van der Waals surface area contributed by atoms with Gasteiger partial charge in [0.25, 0.3) is 0 Å². The monoisotopic (exact) mass is 574 g/mol. The molecule has 0 spiro atoms. The molecule has 5 aliphatic rings. The Morgan fingerprint density at radius 2 is 1.68 bits per heavy atom. The van der Waals surface area contributed by atoms with Gasteiger partial charge in [0.15, 0.2) is 0 Å². The van der Waals surface area contributed by atoms with E-state index in [2.05, 4.69) is 37.5 Å². The zero-order valence-electron chi connectivity index (χ0n) is 25.3. The fourth-order valence-corrected chi connectivity index (χ4v) is 10.4. The zero-order valence-corrected chi connectivity index (χ0v) is 25.3. The maximum Gasteiger partial charge on any atom is 0.416 e. The molecule has 1 N–H and O–H groups in total. The van der Waals surface area contributed by atoms with Crippen LogP contribution in [0.4, 0.5) is 13.2 Å². The molecule has 6 rings (SSSR count). The Morgan fingerprint density at radius 1 is 0.951 bits per heavy atom. The largest absolute Gasteiger partial charge is 0.416 e. The summed E-state index contributed by atoms with van der Waals surface area (Å²) in [6.07, 6.45) is 4.85. The van der Waals surface area contributed by atoms with Crippen molar-refractivity contribution in [3.63, 3.8) is 0 Å². The van der Waals surface area contributed by atoms with Crippen molar-refractivity contribution >= 4 is 5.78 Å². The minimum atomic E-state index is -4.33. The minimum Gasteiger partial charge on any atom is -0.389 e. The summed E-state index contributed by atoms with van der Waals surface area (Å²) in [6.45, 7) is 11.9. The maximum atomic E-state index is 13.2. The lowest BCUT2D eigenvalue weighted by Gasteiger charge is -2.61. The first-order valence-electron chi connectivity index (χ1n) is 16.1. The van der Waals surface area contributed by atoms with Gasteiger partial charge in [-0.05, 0) is 106 Å². The van der Waals surface area contributed by atoms with Crippen molar-refractivity contribution < 1.29 is 23.1 Å². The molecule has 4 saturated carbocycles. The van der Waals surface area contributed by atoms with Gasteiger partial charge in [0, 0.05) is 50.1 Å². The van der Waals surface area contributed by atoms with E-state index in [4.69, 9.17) is 0 Å². The van der Waals surface area contributed by atoms with Crippen LogP contribution in [0.15, 0.2) is 24.3 Å². The van der Waals surface area contributed by atoms with Crippen molar-refractivity contribution in [1.29, 1.82) is 0 Å². The Kier molecular flexibility index (Phi) is 7.47. The van der Waals surface area contributed by atoms with E-state index in [1.54, 1.807) is 6.07 Å². The van der Waals surface area contributed by atoms with Gasteiger partial charge in [-0.25, -0.2) is 0 Å². The summed E-state index contributed by atoms with van der Waals surface area (Å²) < 4.78 is 39.7. The predicted octanol–water partition coefficient (Wildman–Crippen LogP) is 6.94. The highest BCUT2D eigenvalue weighted by Gasteiger charge is 2.61. The third-order valence-corrected chi connectivity index (χ3v) is 12.9. The number of benzene rings is 1. The standard InChI is InChI=1S/C34H49F3N2O2/c1-22-19-39(23(2)18-38(22)20-24-6-5-7-25(16-24)34(35,36)37)21-33(41)15-14-31(3)26(17-33)8-9-27-28-10-11-30(40)32(28,4)13-12-29(27)31/h5-7,16,22-23,26-29,41H,8-15,17-21H2,1-4H3/t22-,23+,26-,27-,28-,29-,31-,32-,33+/m0/s1. The number of rotatable bonds is 4. The third kappa shape index (κ3) is 5.20. The number of carbonyl (C=O) groups is 1. The second-order valence-corrected chi connectivity index (χ2v) is 15.3. The number of ketones is 1. The molecule has 1 saturated heterocycles. The van der Waals surface area contributed by atoms with Crippen LogP contribution in [-0.4, -0.2) is 58.0 Å². The molecule has 0 amide bonds. The second kappa shape index (κ2) is 10.3. The summed E-state index contributed by atoms with van der Waals surface area (Å²) in [7, 11) is 0. The molecular weight excluding hydrogens is 525 g/mol. The molecule has 4 nitrogen and oxygen atoms in total. The van der Waals surface area contributed by atoms with Crippen molar-refractivity contribution in [1.82, 2.24) is 9.80 Å². The van der Waals surface area contributed by atoms with E-state index >= 15 is 0 Å². The maximum absolute atomic E-state index is 13.2. The van der Waals surface area contributed by atoms with Gasteiger partial charge in [-0.15, -0.1) is 0 Å². The molecule has 228 valence electrons. The van der Waals surface area contributed by atoms with Gasteiger partial charge in [0.05, 0.1) is 11.2 Å². The minimum absolute atomic E-state index is 0.0874. The van der Waals surface area contributed by atoms with Gasteiger partial charge in [-0.3, -0.25) is 14.6 Å². The van der Waals surface area contributed by atoms with Crippen LogP contribution >= 0.6 is 0 Å². The Hall–Kier alpha value is -1.44. The van der Waals surface area contributed by atoms with Crippen LogP contribution < -0.4 is 0 Å². The molecule has 41 heavy (non-hydrogen) atoms. The molecule has 1 heterocycles. The van der Waals surface area contributed by atoms with Gasteiger partial charge < -0.3 is 5.11 Å². The average Bonchev–Trinajstić information content (AvgIpc) is 3.21. The average molecular weight is 575 g/mol. The molecule has 9 atom stereocenters. The summed E-state index contributed by atoms with van der Waals surface area (Å²) in [4.78, 5) is 17.5. The van der Waals surface area contributed by atoms with Gasteiger partial charge in [-0.2, -0.15) is 13.2 Å². The first kappa shape index (κ1) is 29.6. The quantitative estimate of drug-likeness (QED) is 0.423. The van der Waals surface area contributed by atoms with E-state index in [0.717, 1.165) is 70.5 Å². The zero-order chi connectivity index (χ0) is 29.4. The number of aliphatic hydroxyl groups is 1. The third-order valence-electron chi connectivity index (χ3n) is 12.9.